The molecule has 2 heterocycles. The van der Waals surface area contributed by atoms with Gasteiger partial charge in [-0.2, -0.15) is 5.10 Å². The number of piperazine rings is 1. The molecule has 1 aliphatic heterocycles. The van der Waals surface area contributed by atoms with Gasteiger partial charge in [-0.1, -0.05) is 18.2 Å². The van der Waals surface area contributed by atoms with Crippen LogP contribution in [0, 0.1) is 5.82 Å². The zero-order valence-corrected chi connectivity index (χ0v) is 15.9. The van der Waals surface area contributed by atoms with Gasteiger partial charge < -0.3 is 9.80 Å². The lowest BCUT2D eigenvalue weighted by atomic mass is 10.1. The molecule has 0 unspecified atom stereocenters. The summed E-state index contributed by atoms with van der Waals surface area (Å²) >= 11 is 0. The van der Waals surface area contributed by atoms with Crippen molar-refractivity contribution in [2.45, 2.75) is 6.54 Å². The van der Waals surface area contributed by atoms with E-state index in [0.717, 1.165) is 18.8 Å². The van der Waals surface area contributed by atoms with Crippen LogP contribution in [0.2, 0.25) is 0 Å². The third-order valence-electron chi connectivity index (χ3n) is 5.05. The molecule has 1 saturated heterocycles. The number of carbonyl (C=O) groups excluding carboxylic acids is 1. The summed E-state index contributed by atoms with van der Waals surface area (Å²) in [6.45, 7) is 2.57. The van der Waals surface area contributed by atoms with Crippen molar-refractivity contribution in [1.82, 2.24) is 14.7 Å². The largest absolute Gasteiger partial charge is 0.368 e. The first kappa shape index (κ1) is 18.9. The summed E-state index contributed by atoms with van der Waals surface area (Å²) in [5.41, 5.74) is 2.01. The van der Waals surface area contributed by atoms with E-state index in [0.29, 0.717) is 24.3 Å². The number of anilines is 1. The normalized spacial score (nSPS) is 14.1. The van der Waals surface area contributed by atoms with E-state index in [1.807, 2.05) is 18.2 Å². The summed E-state index contributed by atoms with van der Waals surface area (Å²) in [4.78, 5) is 28.9. The van der Waals surface area contributed by atoms with Gasteiger partial charge in [0, 0.05) is 43.5 Å². The van der Waals surface area contributed by atoms with Gasteiger partial charge in [-0.05, 0) is 42.5 Å². The molecular weight excluding hydrogens is 371 g/mol. The molecular formula is C22H21FN4O2. The number of carbonyl (C=O) groups is 1. The Balaban J connectivity index is 1.43. The zero-order chi connectivity index (χ0) is 20.2. The molecule has 0 bridgehead atoms. The monoisotopic (exact) mass is 392 g/mol. The predicted octanol–water partition coefficient (Wildman–Crippen LogP) is 2.40. The minimum Gasteiger partial charge on any atom is -0.368 e. The first-order valence-electron chi connectivity index (χ1n) is 9.52. The minimum absolute atomic E-state index is 0.112. The van der Waals surface area contributed by atoms with Crippen molar-refractivity contribution < 1.29 is 9.18 Å². The molecule has 6 nitrogen and oxygen atoms in total. The molecule has 148 valence electrons. The van der Waals surface area contributed by atoms with Gasteiger partial charge in [0.25, 0.3) is 5.56 Å². The standard InChI is InChI=1S/C22H21FN4O2/c23-18-8-6-17(7-9-18)20-10-11-21(28)27(24-20)16-22(29)26-14-12-25(13-15-26)19-4-2-1-3-5-19/h1-11H,12-16H2. The Hall–Kier alpha value is -3.48. The Labute approximate surface area is 167 Å². The fourth-order valence-electron chi connectivity index (χ4n) is 3.42. The van der Waals surface area contributed by atoms with E-state index in [4.69, 9.17) is 0 Å². The van der Waals surface area contributed by atoms with Crippen molar-refractivity contribution in [3.05, 3.63) is 82.9 Å². The van der Waals surface area contributed by atoms with Gasteiger partial charge in [-0.15, -0.1) is 0 Å². The van der Waals surface area contributed by atoms with Crippen molar-refractivity contribution in [2.24, 2.45) is 0 Å². The van der Waals surface area contributed by atoms with E-state index in [-0.39, 0.29) is 23.8 Å². The second kappa shape index (κ2) is 8.26. The number of amides is 1. The van der Waals surface area contributed by atoms with Crippen LogP contribution in [-0.4, -0.2) is 46.8 Å². The lowest BCUT2D eigenvalue weighted by Gasteiger charge is -2.36. The van der Waals surface area contributed by atoms with Crippen LogP contribution >= 0.6 is 0 Å². The molecule has 0 N–H and O–H groups in total. The number of hydrogen-bond donors (Lipinski definition) is 0. The number of benzene rings is 2. The molecule has 0 saturated carbocycles. The van der Waals surface area contributed by atoms with Crippen LogP contribution < -0.4 is 10.5 Å². The number of rotatable bonds is 4. The average molecular weight is 392 g/mol. The summed E-state index contributed by atoms with van der Waals surface area (Å²) in [5.74, 6) is -0.476. The van der Waals surface area contributed by atoms with Crippen LogP contribution in [0.1, 0.15) is 0 Å². The van der Waals surface area contributed by atoms with Gasteiger partial charge >= 0.3 is 0 Å². The smallest absolute Gasteiger partial charge is 0.267 e. The maximum Gasteiger partial charge on any atom is 0.267 e. The van der Waals surface area contributed by atoms with Gasteiger partial charge in [-0.3, -0.25) is 9.59 Å². The quantitative estimate of drug-likeness (QED) is 0.684. The van der Waals surface area contributed by atoms with Crippen molar-refractivity contribution in [3.8, 4) is 11.3 Å². The zero-order valence-electron chi connectivity index (χ0n) is 15.9. The van der Waals surface area contributed by atoms with Crippen LogP contribution in [0.25, 0.3) is 11.3 Å². The Morgan fingerprint density at radius 1 is 0.897 bits per heavy atom. The first-order valence-corrected chi connectivity index (χ1v) is 9.52. The maximum absolute atomic E-state index is 13.1. The third-order valence-corrected chi connectivity index (χ3v) is 5.05. The molecule has 7 heteroatoms. The highest BCUT2D eigenvalue weighted by atomic mass is 19.1. The average Bonchev–Trinajstić information content (AvgIpc) is 2.76. The second-order valence-electron chi connectivity index (χ2n) is 6.92. The molecule has 2 aromatic carbocycles. The Morgan fingerprint density at radius 2 is 1.59 bits per heavy atom. The topological polar surface area (TPSA) is 58.4 Å². The molecule has 0 atom stereocenters. The molecule has 0 aliphatic carbocycles. The first-order chi connectivity index (χ1) is 14.1. The van der Waals surface area contributed by atoms with E-state index >= 15 is 0 Å². The summed E-state index contributed by atoms with van der Waals surface area (Å²) in [7, 11) is 0. The van der Waals surface area contributed by atoms with Gasteiger partial charge in [0.1, 0.15) is 12.4 Å². The van der Waals surface area contributed by atoms with Gasteiger partial charge in [-0.25, -0.2) is 9.07 Å². The van der Waals surface area contributed by atoms with Crippen LogP contribution in [0.5, 0.6) is 0 Å². The van der Waals surface area contributed by atoms with Crippen LogP contribution in [0.15, 0.2) is 71.5 Å². The number of hydrogen-bond acceptors (Lipinski definition) is 4. The highest BCUT2D eigenvalue weighted by Gasteiger charge is 2.22. The minimum atomic E-state index is -0.341. The Kier molecular flexibility index (Phi) is 5.37. The lowest BCUT2D eigenvalue weighted by molar-refractivity contribution is -0.132. The van der Waals surface area contributed by atoms with Gasteiger partial charge in [0.2, 0.25) is 5.91 Å². The summed E-state index contributed by atoms with van der Waals surface area (Å²) in [6.07, 6.45) is 0. The summed E-state index contributed by atoms with van der Waals surface area (Å²) < 4.78 is 14.3. The van der Waals surface area contributed by atoms with Crippen molar-refractivity contribution >= 4 is 11.6 Å². The molecule has 0 spiro atoms. The summed E-state index contributed by atoms with van der Waals surface area (Å²) in [5, 5.41) is 4.29. The van der Waals surface area contributed by atoms with E-state index in [1.165, 1.54) is 22.9 Å². The van der Waals surface area contributed by atoms with E-state index in [1.54, 1.807) is 23.1 Å². The van der Waals surface area contributed by atoms with Crippen molar-refractivity contribution in [2.75, 3.05) is 31.1 Å². The van der Waals surface area contributed by atoms with E-state index in [9.17, 15) is 14.0 Å². The molecule has 1 amide bonds. The fraction of sp³-hybridized carbons (Fsp3) is 0.227. The van der Waals surface area contributed by atoms with Gasteiger partial charge in [0.05, 0.1) is 5.69 Å². The fourth-order valence-corrected chi connectivity index (χ4v) is 3.42. The molecule has 29 heavy (non-hydrogen) atoms. The molecule has 1 fully saturated rings. The SMILES string of the molecule is O=C(Cn1nc(-c2ccc(F)cc2)ccc1=O)N1CCN(c2ccccc2)CC1. The molecule has 1 aliphatic rings. The molecule has 3 aromatic rings. The third kappa shape index (κ3) is 4.34. The van der Waals surface area contributed by atoms with Crippen molar-refractivity contribution in [3.63, 3.8) is 0 Å². The maximum atomic E-state index is 13.1. The van der Waals surface area contributed by atoms with Crippen LogP contribution in [0.3, 0.4) is 0 Å². The van der Waals surface area contributed by atoms with Crippen molar-refractivity contribution in [1.29, 1.82) is 0 Å². The van der Waals surface area contributed by atoms with E-state index in [2.05, 4.69) is 22.1 Å². The predicted molar refractivity (Wildman–Crippen MR) is 109 cm³/mol. The number of halogens is 1. The highest BCUT2D eigenvalue weighted by molar-refractivity contribution is 5.76. The Morgan fingerprint density at radius 3 is 2.28 bits per heavy atom. The number of nitrogens with zero attached hydrogens (tertiary/aromatic N) is 4. The van der Waals surface area contributed by atoms with Crippen LogP contribution in [0.4, 0.5) is 10.1 Å². The van der Waals surface area contributed by atoms with E-state index < -0.39 is 0 Å². The lowest BCUT2D eigenvalue weighted by Crippen LogP contribution is -2.50. The molecule has 0 radical (unpaired) electrons. The number of para-hydroxylation sites is 1. The van der Waals surface area contributed by atoms with Crippen LogP contribution in [-0.2, 0) is 11.3 Å². The van der Waals surface area contributed by atoms with Gasteiger partial charge in [0.15, 0.2) is 0 Å². The number of aromatic nitrogens is 2. The summed E-state index contributed by atoms with van der Waals surface area (Å²) in [6, 6.07) is 18.9. The molecule has 1 aromatic heterocycles. The highest BCUT2D eigenvalue weighted by Crippen LogP contribution is 2.17. The second-order valence-corrected chi connectivity index (χ2v) is 6.92. The molecule has 4 rings (SSSR count). The Bertz CT molecular complexity index is 1040.